The Morgan fingerprint density at radius 1 is 0.968 bits per heavy atom. The van der Waals surface area contributed by atoms with Crippen LogP contribution >= 0.6 is 0 Å². The fraction of sp³-hybridized carbons (Fsp3) is 0.417. The fourth-order valence-corrected chi connectivity index (χ4v) is 3.97. The van der Waals surface area contributed by atoms with Gasteiger partial charge in [0.15, 0.2) is 17.6 Å². The van der Waals surface area contributed by atoms with Gasteiger partial charge in [0.2, 0.25) is 5.91 Å². The number of fused-ring (bicyclic) bond motifs is 1. The standard InChI is InChI=1S/C24H29N3O4/c1-2-26(16-20-18-30-21-10-6-7-11-22(21)31-20)23(28)17-25-12-14-27(15-13-25)24(29)19-8-4-3-5-9-19/h3-11,20H,2,12-18H2,1H3/t20-/m0/s1. The molecular formula is C24H29N3O4. The van der Waals surface area contributed by atoms with Crippen molar-refractivity contribution >= 4 is 11.8 Å². The van der Waals surface area contributed by atoms with E-state index in [1.165, 1.54) is 0 Å². The van der Waals surface area contributed by atoms with Gasteiger partial charge in [0.1, 0.15) is 6.61 Å². The molecule has 1 fully saturated rings. The second kappa shape index (κ2) is 9.83. The van der Waals surface area contributed by atoms with Crippen LogP contribution in [0.25, 0.3) is 0 Å². The van der Waals surface area contributed by atoms with Crippen LogP contribution < -0.4 is 9.47 Å². The highest BCUT2D eigenvalue weighted by molar-refractivity contribution is 5.94. The van der Waals surface area contributed by atoms with E-state index in [0.717, 1.165) is 11.5 Å². The highest BCUT2D eigenvalue weighted by Crippen LogP contribution is 2.31. The fourth-order valence-electron chi connectivity index (χ4n) is 3.97. The first-order valence-electron chi connectivity index (χ1n) is 10.9. The molecule has 2 aromatic carbocycles. The minimum atomic E-state index is -0.181. The van der Waals surface area contributed by atoms with Crippen LogP contribution in [0.2, 0.25) is 0 Å². The second-order valence-electron chi connectivity index (χ2n) is 7.86. The van der Waals surface area contributed by atoms with Crippen molar-refractivity contribution in [2.24, 2.45) is 0 Å². The topological polar surface area (TPSA) is 62.3 Å². The van der Waals surface area contributed by atoms with Gasteiger partial charge in [-0.2, -0.15) is 0 Å². The Hall–Kier alpha value is -3.06. The number of benzene rings is 2. The number of ether oxygens (including phenoxy) is 2. The summed E-state index contributed by atoms with van der Waals surface area (Å²) in [7, 11) is 0. The lowest BCUT2D eigenvalue weighted by molar-refractivity contribution is -0.134. The number of rotatable bonds is 6. The van der Waals surface area contributed by atoms with E-state index in [9.17, 15) is 9.59 Å². The molecule has 0 spiro atoms. The summed E-state index contributed by atoms with van der Waals surface area (Å²) >= 11 is 0. The maximum absolute atomic E-state index is 12.9. The average molecular weight is 424 g/mol. The molecule has 31 heavy (non-hydrogen) atoms. The first-order valence-corrected chi connectivity index (χ1v) is 10.9. The average Bonchev–Trinajstić information content (AvgIpc) is 2.83. The molecule has 4 rings (SSSR count). The highest BCUT2D eigenvalue weighted by atomic mass is 16.6. The summed E-state index contributed by atoms with van der Waals surface area (Å²) < 4.78 is 11.8. The van der Waals surface area contributed by atoms with Crippen molar-refractivity contribution in [3.8, 4) is 11.5 Å². The van der Waals surface area contributed by atoms with Gasteiger partial charge in [-0.25, -0.2) is 0 Å². The van der Waals surface area contributed by atoms with E-state index in [-0.39, 0.29) is 17.9 Å². The number of hydrogen-bond donors (Lipinski definition) is 0. The molecular weight excluding hydrogens is 394 g/mol. The first kappa shape index (κ1) is 21.2. The van der Waals surface area contributed by atoms with Crippen LogP contribution in [0, 0.1) is 0 Å². The molecule has 1 atom stereocenters. The minimum absolute atomic E-state index is 0.0523. The van der Waals surface area contributed by atoms with E-state index < -0.39 is 0 Å². The quantitative estimate of drug-likeness (QED) is 0.712. The summed E-state index contributed by atoms with van der Waals surface area (Å²) in [6, 6.07) is 16.9. The van der Waals surface area contributed by atoms with Crippen molar-refractivity contribution < 1.29 is 19.1 Å². The van der Waals surface area contributed by atoms with Gasteiger partial charge in [-0.3, -0.25) is 14.5 Å². The van der Waals surface area contributed by atoms with Gasteiger partial charge in [0.05, 0.1) is 13.1 Å². The van der Waals surface area contributed by atoms with Gasteiger partial charge in [-0.05, 0) is 31.2 Å². The zero-order valence-electron chi connectivity index (χ0n) is 17.9. The van der Waals surface area contributed by atoms with Gasteiger partial charge in [0, 0.05) is 38.3 Å². The minimum Gasteiger partial charge on any atom is -0.486 e. The molecule has 2 aliphatic rings. The number of hydrogen-bond acceptors (Lipinski definition) is 5. The van der Waals surface area contributed by atoms with Crippen LogP contribution in [-0.2, 0) is 4.79 Å². The van der Waals surface area contributed by atoms with Crippen molar-refractivity contribution in [3.63, 3.8) is 0 Å². The molecule has 164 valence electrons. The van der Waals surface area contributed by atoms with Crippen LogP contribution in [0.5, 0.6) is 11.5 Å². The summed E-state index contributed by atoms with van der Waals surface area (Å²) in [5, 5.41) is 0. The number of carbonyl (C=O) groups excluding carboxylic acids is 2. The molecule has 0 radical (unpaired) electrons. The lowest BCUT2D eigenvalue weighted by Crippen LogP contribution is -2.52. The molecule has 0 bridgehead atoms. The van der Waals surface area contributed by atoms with Crippen molar-refractivity contribution in [3.05, 3.63) is 60.2 Å². The third-order valence-corrected chi connectivity index (χ3v) is 5.77. The molecule has 0 aromatic heterocycles. The highest BCUT2D eigenvalue weighted by Gasteiger charge is 2.27. The van der Waals surface area contributed by atoms with Crippen molar-refractivity contribution in [1.29, 1.82) is 0 Å². The van der Waals surface area contributed by atoms with Crippen LogP contribution in [0.15, 0.2) is 54.6 Å². The molecule has 0 N–H and O–H groups in total. The summed E-state index contributed by atoms with van der Waals surface area (Å²) in [6.45, 7) is 6.52. The van der Waals surface area contributed by atoms with Crippen LogP contribution in [0.4, 0.5) is 0 Å². The van der Waals surface area contributed by atoms with Crippen LogP contribution in [-0.4, -0.2) is 85.0 Å². The van der Waals surface area contributed by atoms with Crippen molar-refractivity contribution in [2.75, 3.05) is 52.4 Å². The largest absolute Gasteiger partial charge is 0.486 e. The van der Waals surface area contributed by atoms with Crippen LogP contribution in [0.3, 0.4) is 0 Å². The predicted octanol–water partition coefficient (Wildman–Crippen LogP) is 2.13. The van der Waals surface area contributed by atoms with E-state index in [4.69, 9.17) is 9.47 Å². The number of nitrogens with zero attached hydrogens (tertiary/aromatic N) is 3. The van der Waals surface area contributed by atoms with Crippen molar-refractivity contribution in [2.45, 2.75) is 13.0 Å². The second-order valence-corrected chi connectivity index (χ2v) is 7.86. The smallest absolute Gasteiger partial charge is 0.253 e. The van der Waals surface area contributed by atoms with E-state index >= 15 is 0 Å². The molecule has 2 amide bonds. The maximum atomic E-state index is 12.9. The van der Waals surface area contributed by atoms with Gasteiger partial charge in [-0.1, -0.05) is 30.3 Å². The number of carbonyl (C=O) groups is 2. The number of piperazine rings is 1. The predicted molar refractivity (Wildman–Crippen MR) is 117 cm³/mol. The zero-order valence-corrected chi connectivity index (χ0v) is 17.9. The molecule has 7 heteroatoms. The summed E-state index contributed by atoms with van der Waals surface area (Å²) in [6.07, 6.45) is -0.181. The number of likely N-dealkylation sites (N-methyl/N-ethyl adjacent to an activating group) is 1. The summed E-state index contributed by atoms with van der Waals surface area (Å²) in [5.41, 5.74) is 0.709. The van der Waals surface area contributed by atoms with Gasteiger partial charge >= 0.3 is 0 Å². The lowest BCUT2D eigenvalue weighted by Gasteiger charge is -2.36. The molecule has 1 saturated heterocycles. The Kier molecular flexibility index (Phi) is 6.72. The van der Waals surface area contributed by atoms with Gasteiger partial charge in [0.25, 0.3) is 5.91 Å². The molecule has 2 heterocycles. The third kappa shape index (κ3) is 5.17. The lowest BCUT2D eigenvalue weighted by atomic mass is 10.2. The molecule has 7 nitrogen and oxygen atoms in total. The Labute approximate surface area is 183 Å². The van der Waals surface area contributed by atoms with E-state index in [0.29, 0.717) is 58.0 Å². The Morgan fingerprint density at radius 3 is 2.35 bits per heavy atom. The van der Waals surface area contributed by atoms with Crippen LogP contribution in [0.1, 0.15) is 17.3 Å². The molecule has 0 saturated carbocycles. The monoisotopic (exact) mass is 423 g/mol. The Bertz CT molecular complexity index is 897. The summed E-state index contributed by atoms with van der Waals surface area (Å²) in [5.74, 6) is 1.60. The maximum Gasteiger partial charge on any atom is 0.253 e. The van der Waals surface area contributed by atoms with Gasteiger partial charge < -0.3 is 19.3 Å². The first-order chi connectivity index (χ1) is 15.1. The molecule has 2 aromatic rings. The molecule has 2 aliphatic heterocycles. The van der Waals surface area contributed by atoms with E-state index in [1.807, 2.05) is 71.3 Å². The normalized spacial score (nSPS) is 18.5. The Morgan fingerprint density at radius 2 is 1.65 bits per heavy atom. The zero-order chi connectivity index (χ0) is 21.6. The van der Waals surface area contributed by atoms with E-state index in [2.05, 4.69) is 4.90 Å². The molecule has 0 aliphatic carbocycles. The third-order valence-electron chi connectivity index (χ3n) is 5.77. The summed E-state index contributed by atoms with van der Waals surface area (Å²) in [4.78, 5) is 31.3. The number of amides is 2. The van der Waals surface area contributed by atoms with E-state index in [1.54, 1.807) is 0 Å². The SMILES string of the molecule is CCN(C[C@H]1COc2ccccc2O1)C(=O)CN1CCN(C(=O)c2ccccc2)CC1. The van der Waals surface area contributed by atoms with Crippen molar-refractivity contribution in [1.82, 2.24) is 14.7 Å². The number of para-hydroxylation sites is 2. The molecule has 0 unspecified atom stereocenters. The van der Waals surface area contributed by atoms with Gasteiger partial charge in [-0.15, -0.1) is 0 Å². The Balaban J connectivity index is 1.25.